The van der Waals surface area contributed by atoms with E-state index >= 15 is 0 Å². The number of rotatable bonds is 5. The molecule has 1 aromatic rings. The first-order valence-corrected chi connectivity index (χ1v) is 12.3. The zero-order valence-corrected chi connectivity index (χ0v) is 21.1. The molecule has 1 unspecified atom stereocenters. The van der Waals surface area contributed by atoms with Crippen LogP contribution in [0.5, 0.6) is 0 Å². The van der Waals surface area contributed by atoms with Crippen LogP contribution in [-0.2, 0) is 11.0 Å². The summed E-state index contributed by atoms with van der Waals surface area (Å²) in [4.78, 5) is 22.1. The number of carbonyl (C=O) groups excluding carboxylic acids is 1. The van der Waals surface area contributed by atoms with E-state index in [1.165, 1.54) is 12.1 Å². The molecule has 10 heteroatoms. The predicted molar refractivity (Wildman–Crippen MR) is 132 cm³/mol. The number of hydrogen-bond acceptors (Lipinski definition) is 6. The zero-order valence-electron chi connectivity index (χ0n) is 21.1. The van der Waals surface area contributed by atoms with Crippen LogP contribution in [0.25, 0.3) is 0 Å². The van der Waals surface area contributed by atoms with Gasteiger partial charge in [-0.05, 0) is 44.4 Å². The van der Waals surface area contributed by atoms with Crippen LogP contribution < -0.4 is 10.6 Å². The van der Waals surface area contributed by atoms with Crippen LogP contribution in [-0.4, -0.2) is 65.4 Å². The first-order valence-electron chi connectivity index (χ1n) is 12.3. The number of carbonyl (C=O) groups is 1. The lowest BCUT2D eigenvalue weighted by atomic mass is 9.94. The fraction of sp³-hybridized carbons (Fsp3) is 0.538. The number of nitrogens with one attached hydrogen (secondary N) is 2. The molecule has 4 rings (SSSR count). The quantitative estimate of drug-likeness (QED) is 0.564. The van der Waals surface area contributed by atoms with Gasteiger partial charge in [0.25, 0.3) is 0 Å². The van der Waals surface area contributed by atoms with Gasteiger partial charge in [-0.1, -0.05) is 19.1 Å². The number of piperazine rings is 1. The van der Waals surface area contributed by atoms with E-state index in [1.807, 2.05) is 20.8 Å². The molecule has 2 atom stereocenters. The van der Waals surface area contributed by atoms with Crippen LogP contribution in [0, 0.1) is 5.92 Å². The van der Waals surface area contributed by atoms with Gasteiger partial charge in [0, 0.05) is 50.3 Å². The molecule has 2 heterocycles. The van der Waals surface area contributed by atoms with E-state index in [1.54, 1.807) is 11.2 Å². The van der Waals surface area contributed by atoms with E-state index in [-0.39, 0.29) is 17.4 Å². The fourth-order valence-corrected chi connectivity index (χ4v) is 4.89. The van der Waals surface area contributed by atoms with E-state index < -0.39 is 17.7 Å². The van der Waals surface area contributed by atoms with Crippen molar-refractivity contribution in [3.05, 3.63) is 58.2 Å². The molecule has 36 heavy (non-hydrogen) atoms. The van der Waals surface area contributed by atoms with Crippen molar-refractivity contribution >= 4 is 12.2 Å². The van der Waals surface area contributed by atoms with Gasteiger partial charge in [-0.15, -0.1) is 0 Å². The zero-order chi connectivity index (χ0) is 26.3. The SMILES string of the molecule is C[C@@H]1CC(O)=C2NC=NC(N3CCN(C(=O)C(CNC(C)(C)C)c4ccc(C(F)(F)F)cc4)CC3)=C21. The minimum atomic E-state index is -4.42. The number of aliphatic imine (C=N–C) groups is 1. The van der Waals surface area contributed by atoms with Crippen molar-refractivity contribution in [2.24, 2.45) is 10.9 Å². The second-order valence-electron chi connectivity index (χ2n) is 10.7. The maximum Gasteiger partial charge on any atom is 0.416 e. The molecule has 0 saturated carbocycles. The Morgan fingerprint density at radius 1 is 1.17 bits per heavy atom. The second-order valence-corrected chi connectivity index (χ2v) is 10.7. The van der Waals surface area contributed by atoms with Crippen molar-refractivity contribution in [2.45, 2.75) is 51.7 Å². The number of halogens is 3. The van der Waals surface area contributed by atoms with Crippen LogP contribution in [0.15, 0.2) is 52.1 Å². The van der Waals surface area contributed by atoms with Gasteiger partial charge >= 0.3 is 6.18 Å². The fourth-order valence-electron chi connectivity index (χ4n) is 4.89. The van der Waals surface area contributed by atoms with Crippen molar-refractivity contribution in [1.29, 1.82) is 0 Å². The Morgan fingerprint density at radius 3 is 2.39 bits per heavy atom. The molecule has 0 spiro atoms. The van der Waals surface area contributed by atoms with Crippen LogP contribution >= 0.6 is 0 Å². The number of nitrogens with zero attached hydrogens (tertiary/aromatic N) is 3. The highest BCUT2D eigenvalue weighted by molar-refractivity contribution is 5.84. The molecule has 3 aliphatic rings. The Morgan fingerprint density at radius 2 is 1.81 bits per heavy atom. The van der Waals surface area contributed by atoms with Crippen LogP contribution in [0.1, 0.15) is 51.2 Å². The van der Waals surface area contributed by atoms with Gasteiger partial charge in [-0.25, -0.2) is 4.99 Å². The van der Waals surface area contributed by atoms with Gasteiger partial charge < -0.3 is 25.5 Å². The summed E-state index contributed by atoms with van der Waals surface area (Å²) in [7, 11) is 0. The Bertz CT molecular complexity index is 1080. The van der Waals surface area contributed by atoms with Crippen molar-refractivity contribution in [2.75, 3.05) is 32.7 Å². The number of amides is 1. The predicted octanol–water partition coefficient (Wildman–Crippen LogP) is 3.97. The summed E-state index contributed by atoms with van der Waals surface area (Å²) in [6, 6.07) is 4.89. The molecule has 1 aromatic carbocycles. The Kier molecular flexibility index (Phi) is 7.10. The number of aliphatic hydroxyl groups excluding tert-OH is 1. The molecule has 7 nitrogen and oxygen atoms in total. The van der Waals surface area contributed by atoms with Gasteiger partial charge in [0.15, 0.2) is 0 Å². The summed E-state index contributed by atoms with van der Waals surface area (Å²) < 4.78 is 39.2. The smallest absolute Gasteiger partial charge is 0.416 e. The molecule has 3 N–H and O–H groups in total. The van der Waals surface area contributed by atoms with Gasteiger partial charge in [-0.2, -0.15) is 13.2 Å². The largest absolute Gasteiger partial charge is 0.510 e. The Hall–Kier alpha value is -3.01. The normalized spacial score (nSPS) is 21.6. The van der Waals surface area contributed by atoms with E-state index in [9.17, 15) is 23.1 Å². The van der Waals surface area contributed by atoms with E-state index in [0.29, 0.717) is 50.5 Å². The van der Waals surface area contributed by atoms with E-state index in [4.69, 9.17) is 0 Å². The highest BCUT2D eigenvalue weighted by atomic mass is 19.4. The summed E-state index contributed by atoms with van der Waals surface area (Å²) in [5, 5.41) is 16.6. The number of aliphatic hydroxyl groups is 1. The molecule has 0 radical (unpaired) electrons. The maximum atomic E-state index is 13.6. The van der Waals surface area contributed by atoms with Crippen LogP contribution in [0.3, 0.4) is 0 Å². The monoisotopic (exact) mass is 505 g/mol. The molecular formula is C26H34F3N5O2. The van der Waals surface area contributed by atoms with Gasteiger partial charge in [-0.3, -0.25) is 4.79 Å². The Balaban J connectivity index is 1.49. The standard InChI is InChI=1S/C26H34F3N5O2/c1-16-13-20(35)22-21(16)23(31-15-30-22)33-9-11-34(12-10-33)24(36)19(14-32-25(2,3)4)17-5-7-18(8-6-17)26(27,28)29/h5-8,15-16,19,32,35H,9-14H2,1-4H3,(H,30,31)/t16-,19?/m1/s1. The number of alkyl halides is 3. The lowest BCUT2D eigenvalue weighted by molar-refractivity contribution is -0.137. The Labute approximate surface area is 209 Å². The molecule has 0 aromatic heterocycles. The lowest BCUT2D eigenvalue weighted by Crippen LogP contribution is -2.51. The molecule has 1 aliphatic carbocycles. The van der Waals surface area contributed by atoms with Crippen LogP contribution in [0.2, 0.25) is 0 Å². The van der Waals surface area contributed by atoms with Crippen LogP contribution in [0.4, 0.5) is 13.2 Å². The minimum Gasteiger partial charge on any atom is -0.510 e. The summed E-state index contributed by atoms with van der Waals surface area (Å²) in [6.45, 7) is 10.4. The van der Waals surface area contributed by atoms with Gasteiger partial charge in [0.2, 0.25) is 5.91 Å². The summed E-state index contributed by atoms with van der Waals surface area (Å²) >= 11 is 0. The average Bonchev–Trinajstić information content (AvgIpc) is 3.12. The third-order valence-electron chi connectivity index (χ3n) is 6.85. The van der Waals surface area contributed by atoms with E-state index in [0.717, 1.165) is 29.2 Å². The average molecular weight is 506 g/mol. The third kappa shape index (κ3) is 5.53. The highest BCUT2D eigenvalue weighted by Gasteiger charge is 2.36. The molecule has 196 valence electrons. The maximum absolute atomic E-state index is 13.6. The second kappa shape index (κ2) is 9.80. The molecule has 2 aliphatic heterocycles. The third-order valence-corrected chi connectivity index (χ3v) is 6.85. The lowest BCUT2D eigenvalue weighted by Gasteiger charge is -2.39. The van der Waals surface area contributed by atoms with Crippen molar-refractivity contribution in [1.82, 2.24) is 20.4 Å². The number of benzene rings is 1. The van der Waals surface area contributed by atoms with Gasteiger partial charge in [0.05, 0.1) is 23.5 Å². The number of hydrogen-bond donors (Lipinski definition) is 3. The molecular weight excluding hydrogens is 471 g/mol. The summed E-state index contributed by atoms with van der Waals surface area (Å²) in [6.07, 6.45) is -2.27. The van der Waals surface area contributed by atoms with E-state index in [2.05, 4.69) is 27.4 Å². The molecule has 1 fully saturated rings. The number of allylic oxidation sites excluding steroid dienone is 2. The minimum absolute atomic E-state index is 0.106. The van der Waals surface area contributed by atoms with Crippen molar-refractivity contribution in [3.63, 3.8) is 0 Å². The summed E-state index contributed by atoms with van der Waals surface area (Å²) in [5.74, 6) is 0.595. The first kappa shape index (κ1) is 26.1. The highest BCUT2D eigenvalue weighted by Crippen LogP contribution is 2.38. The molecule has 1 saturated heterocycles. The topological polar surface area (TPSA) is 80.2 Å². The molecule has 0 bridgehead atoms. The number of fused-ring (bicyclic) bond motifs is 1. The summed E-state index contributed by atoms with van der Waals surface area (Å²) in [5.41, 5.74) is 1.30. The van der Waals surface area contributed by atoms with Crippen molar-refractivity contribution < 1.29 is 23.1 Å². The van der Waals surface area contributed by atoms with Crippen molar-refractivity contribution in [3.8, 4) is 0 Å². The molecule has 1 amide bonds. The van der Waals surface area contributed by atoms with Gasteiger partial charge in [0.1, 0.15) is 11.6 Å². The first-order chi connectivity index (χ1) is 16.8.